The van der Waals surface area contributed by atoms with Gasteiger partial charge in [0.05, 0.1) is 0 Å². The second-order valence-corrected chi connectivity index (χ2v) is 7.09. The van der Waals surface area contributed by atoms with Gasteiger partial charge in [-0.2, -0.15) is 11.8 Å². The van der Waals surface area contributed by atoms with E-state index >= 15 is 0 Å². The number of rotatable bonds is 3. The Hall–Kier alpha value is 0.310. The Labute approximate surface area is 98.8 Å². The first-order valence-electron chi connectivity index (χ1n) is 6.59. The van der Waals surface area contributed by atoms with E-state index < -0.39 is 0 Å². The molecular weight excluding hydrogens is 202 g/mol. The summed E-state index contributed by atoms with van der Waals surface area (Å²) in [6.07, 6.45) is 7.23. The normalized spacial score (nSPS) is 42.0. The summed E-state index contributed by atoms with van der Waals surface area (Å²) in [7, 11) is 0. The number of hydrogen-bond acceptors (Lipinski definition) is 2. The molecule has 1 saturated carbocycles. The first-order valence-corrected chi connectivity index (χ1v) is 7.64. The Balaban J connectivity index is 1.64. The lowest BCUT2D eigenvalue weighted by Gasteiger charge is -2.28. The van der Waals surface area contributed by atoms with Crippen LogP contribution in [0.4, 0.5) is 0 Å². The van der Waals surface area contributed by atoms with Gasteiger partial charge in [0, 0.05) is 17.0 Å². The highest BCUT2D eigenvalue weighted by Gasteiger charge is 2.24. The van der Waals surface area contributed by atoms with Crippen LogP contribution in [0.1, 0.15) is 46.0 Å². The van der Waals surface area contributed by atoms with E-state index in [0.29, 0.717) is 0 Å². The summed E-state index contributed by atoms with van der Waals surface area (Å²) in [4.78, 5) is 0. The summed E-state index contributed by atoms with van der Waals surface area (Å²) in [5.41, 5.74) is 0. The van der Waals surface area contributed by atoms with Crippen LogP contribution in [0.2, 0.25) is 0 Å². The Morgan fingerprint density at radius 2 is 2.07 bits per heavy atom. The fraction of sp³-hybridized carbons (Fsp3) is 1.00. The van der Waals surface area contributed by atoms with Gasteiger partial charge in [-0.25, -0.2) is 0 Å². The molecule has 88 valence electrons. The molecule has 0 aromatic rings. The largest absolute Gasteiger partial charge is 0.313 e. The monoisotopic (exact) mass is 227 g/mol. The fourth-order valence-electron chi connectivity index (χ4n) is 3.04. The van der Waals surface area contributed by atoms with Crippen molar-refractivity contribution >= 4 is 11.8 Å². The molecule has 1 nitrogen and oxygen atoms in total. The van der Waals surface area contributed by atoms with Gasteiger partial charge in [-0.15, -0.1) is 0 Å². The van der Waals surface area contributed by atoms with Gasteiger partial charge in [0.2, 0.25) is 0 Å². The molecule has 1 N–H and O–H groups in total. The summed E-state index contributed by atoms with van der Waals surface area (Å²) in [6, 6.07) is 0.808. The van der Waals surface area contributed by atoms with E-state index in [1.807, 2.05) is 0 Å². The van der Waals surface area contributed by atoms with E-state index in [-0.39, 0.29) is 0 Å². The summed E-state index contributed by atoms with van der Waals surface area (Å²) < 4.78 is 0. The molecule has 4 atom stereocenters. The minimum absolute atomic E-state index is 0.808. The maximum Gasteiger partial charge on any atom is 0.0168 e. The highest BCUT2D eigenvalue weighted by molar-refractivity contribution is 8.00. The van der Waals surface area contributed by atoms with Crippen LogP contribution in [0.5, 0.6) is 0 Å². The lowest BCUT2D eigenvalue weighted by atomic mass is 9.82. The Morgan fingerprint density at radius 3 is 2.73 bits per heavy atom. The van der Waals surface area contributed by atoms with E-state index in [9.17, 15) is 0 Å². The van der Waals surface area contributed by atoms with E-state index in [1.165, 1.54) is 44.4 Å². The van der Waals surface area contributed by atoms with E-state index in [1.54, 1.807) is 0 Å². The molecule has 4 unspecified atom stereocenters. The van der Waals surface area contributed by atoms with Crippen LogP contribution in [0.15, 0.2) is 0 Å². The maximum absolute atomic E-state index is 3.78. The van der Waals surface area contributed by atoms with Gasteiger partial charge in [-0.1, -0.05) is 26.7 Å². The van der Waals surface area contributed by atoms with Gasteiger partial charge >= 0.3 is 0 Å². The molecule has 0 radical (unpaired) electrons. The molecule has 0 aromatic heterocycles. The third kappa shape index (κ3) is 3.67. The first kappa shape index (κ1) is 11.8. The van der Waals surface area contributed by atoms with Crippen LogP contribution in [0.25, 0.3) is 0 Å². The predicted octanol–water partition coefficient (Wildman–Crippen LogP) is 3.30. The predicted molar refractivity (Wildman–Crippen MR) is 69.4 cm³/mol. The van der Waals surface area contributed by atoms with Crippen LogP contribution >= 0.6 is 11.8 Å². The average Bonchev–Trinajstić information content (AvgIpc) is 2.62. The van der Waals surface area contributed by atoms with E-state index in [2.05, 4.69) is 30.9 Å². The van der Waals surface area contributed by atoms with Crippen molar-refractivity contribution in [2.75, 3.05) is 12.3 Å². The first-order chi connectivity index (χ1) is 7.24. The summed E-state index contributed by atoms with van der Waals surface area (Å²) in [5.74, 6) is 3.28. The van der Waals surface area contributed by atoms with E-state index in [4.69, 9.17) is 0 Å². The highest BCUT2D eigenvalue weighted by atomic mass is 32.2. The number of nitrogens with one attached hydrogen (secondary N) is 1. The Bertz CT molecular complexity index is 195. The molecule has 15 heavy (non-hydrogen) atoms. The zero-order valence-corrected chi connectivity index (χ0v) is 11.0. The van der Waals surface area contributed by atoms with Crippen molar-refractivity contribution in [2.45, 2.75) is 57.2 Å². The van der Waals surface area contributed by atoms with Crippen LogP contribution in [0.3, 0.4) is 0 Å². The zero-order chi connectivity index (χ0) is 10.7. The van der Waals surface area contributed by atoms with Gasteiger partial charge < -0.3 is 5.32 Å². The SMILES string of the molecule is CC1CCCC(CNC2CSC(C)C2)C1. The van der Waals surface area contributed by atoms with Crippen molar-refractivity contribution in [3.05, 3.63) is 0 Å². The average molecular weight is 227 g/mol. The lowest BCUT2D eigenvalue weighted by Crippen LogP contribution is -2.35. The maximum atomic E-state index is 3.78. The van der Waals surface area contributed by atoms with Crippen LogP contribution in [-0.4, -0.2) is 23.6 Å². The van der Waals surface area contributed by atoms with Gasteiger partial charge in [0.1, 0.15) is 0 Å². The molecule has 0 aromatic carbocycles. The van der Waals surface area contributed by atoms with Crippen molar-refractivity contribution in [3.63, 3.8) is 0 Å². The summed E-state index contributed by atoms with van der Waals surface area (Å²) >= 11 is 2.13. The van der Waals surface area contributed by atoms with E-state index in [0.717, 1.165) is 23.1 Å². The molecule has 1 saturated heterocycles. The van der Waals surface area contributed by atoms with Gasteiger partial charge in [-0.05, 0) is 37.6 Å². The summed E-state index contributed by atoms with van der Waals surface area (Å²) in [6.45, 7) is 6.05. The van der Waals surface area contributed by atoms with Crippen LogP contribution in [-0.2, 0) is 0 Å². The number of hydrogen-bond donors (Lipinski definition) is 1. The Kier molecular flexibility index (Phi) is 4.39. The van der Waals surface area contributed by atoms with Crippen molar-refractivity contribution in [2.24, 2.45) is 11.8 Å². The third-order valence-corrected chi connectivity index (χ3v) is 5.29. The smallest absolute Gasteiger partial charge is 0.0168 e. The fourth-order valence-corrected chi connectivity index (χ4v) is 4.22. The van der Waals surface area contributed by atoms with Crippen LogP contribution < -0.4 is 5.32 Å². The molecule has 0 amide bonds. The van der Waals surface area contributed by atoms with Crippen molar-refractivity contribution in [1.82, 2.24) is 5.32 Å². The van der Waals surface area contributed by atoms with Crippen molar-refractivity contribution < 1.29 is 0 Å². The van der Waals surface area contributed by atoms with Gasteiger partial charge in [0.15, 0.2) is 0 Å². The van der Waals surface area contributed by atoms with Crippen LogP contribution in [0, 0.1) is 11.8 Å². The second-order valence-electron chi connectivity index (χ2n) is 5.62. The van der Waals surface area contributed by atoms with Crippen molar-refractivity contribution in [3.8, 4) is 0 Å². The zero-order valence-electron chi connectivity index (χ0n) is 10.2. The minimum atomic E-state index is 0.808. The highest BCUT2D eigenvalue weighted by Crippen LogP contribution is 2.29. The quantitative estimate of drug-likeness (QED) is 0.794. The molecule has 1 aliphatic heterocycles. The molecule has 2 heteroatoms. The minimum Gasteiger partial charge on any atom is -0.313 e. The molecule has 2 aliphatic rings. The molecule has 2 rings (SSSR count). The molecule has 0 bridgehead atoms. The lowest BCUT2D eigenvalue weighted by molar-refractivity contribution is 0.268. The molecule has 1 aliphatic carbocycles. The van der Waals surface area contributed by atoms with Gasteiger partial charge in [0.25, 0.3) is 0 Å². The standard InChI is InChI=1S/C13H25NS/c1-10-4-3-5-12(6-10)8-14-13-7-11(2)15-9-13/h10-14H,3-9H2,1-2H3. The second kappa shape index (κ2) is 5.58. The molecule has 0 spiro atoms. The Morgan fingerprint density at radius 1 is 1.20 bits per heavy atom. The number of thioether (sulfide) groups is 1. The van der Waals surface area contributed by atoms with Crippen molar-refractivity contribution in [1.29, 1.82) is 0 Å². The molecular formula is C13H25NS. The summed E-state index contributed by atoms with van der Waals surface area (Å²) in [5, 5.41) is 4.66. The molecule has 1 heterocycles. The van der Waals surface area contributed by atoms with Gasteiger partial charge in [-0.3, -0.25) is 0 Å². The topological polar surface area (TPSA) is 12.0 Å². The molecule has 2 fully saturated rings. The third-order valence-electron chi connectivity index (χ3n) is 3.94.